The van der Waals surface area contributed by atoms with Crippen LogP contribution in [0.25, 0.3) is 0 Å². The molecule has 0 aliphatic carbocycles. The van der Waals surface area contributed by atoms with Crippen molar-refractivity contribution in [1.82, 2.24) is 0 Å². The highest BCUT2D eigenvalue weighted by Gasteiger charge is 2.02. The second-order valence-corrected chi connectivity index (χ2v) is 4.43. The van der Waals surface area contributed by atoms with Gasteiger partial charge < -0.3 is 23.7 Å². The molecule has 0 N–H and O–H groups in total. The topological polar surface area (TPSA) is 63.2 Å². The number of unbranched alkanes of at least 4 members (excludes halogenated alkanes) is 2. The number of hydrogen-bond acceptors (Lipinski definition) is 6. The molecule has 0 aromatic carbocycles. The molecule has 0 rings (SSSR count). The van der Waals surface area contributed by atoms with Gasteiger partial charge in [-0.15, -0.1) is 0 Å². The molecule has 21 heavy (non-hydrogen) atoms. The van der Waals surface area contributed by atoms with Crippen molar-refractivity contribution < 1.29 is 28.5 Å². The van der Waals surface area contributed by atoms with Crippen LogP contribution in [0.2, 0.25) is 0 Å². The predicted octanol–water partition coefficient (Wildman–Crippen LogP) is 2.79. The number of hydrogen-bond donors (Lipinski definition) is 0. The Morgan fingerprint density at radius 3 is 1.90 bits per heavy atom. The summed E-state index contributed by atoms with van der Waals surface area (Å²) < 4.78 is 25.5. The molecule has 0 radical (unpaired) electrons. The molecule has 0 atom stereocenters. The Labute approximate surface area is 128 Å². The van der Waals surface area contributed by atoms with Crippen molar-refractivity contribution in [3.05, 3.63) is 0 Å². The number of rotatable bonds is 15. The summed E-state index contributed by atoms with van der Waals surface area (Å²) in [6.07, 6.45) is 3.21. The summed E-state index contributed by atoms with van der Waals surface area (Å²) in [7, 11) is 0. The SMILES string of the molecule is CCCCOCCOCCCCOC(=O)OCCOCC. The summed E-state index contributed by atoms with van der Waals surface area (Å²) >= 11 is 0. The van der Waals surface area contributed by atoms with Gasteiger partial charge in [-0.2, -0.15) is 0 Å². The molecule has 0 aliphatic heterocycles. The van der Waals surface area contributed by atoms with Crippen LogP contribution in [0.1, 0.15) is 39.5 Å². The Hall–Kier alpha value is -0.850. The van der Waals surface area contributed by atoms with E-state index in [0.717, 1.165) is 32.3 Å². The normalized spacial score (nSPS) is 10.6. The van der Waals surface area contributed by atoms with Crippen molar-refractivity contribution in [3.63, 3.8) is 0 Å². The predicted molar refractivity (Wildman–Crippen MR) is 79.6 cm³/mol. The molecule has 0 spiro atoms. The van der Waals surface area contributed by atoms with E-state index < -0.39 is 6.16 Å². The Kier molecular flexibility index (Phi) is 16.5. The molecular formula is C15H30O6. The van der Waals surface area contributed by atoms with E-state index in [9.17, 15) is 4.79 Å². The highest BCUT2D eigenvalue weighted by Crippen LogP contribution is 1.94. The van der Waals surface area contributed by atoms with Gasteiger partial charge in [0.2, 0.25) is 0 Å². The molecule has 0 aromatic heterocycles. The van der Waals surface area contributed by atoms with Gasteiger partial charge in [0, 0.05) is 19.8 Å². The first-order valence-electron chi connectivity index (χ1n) is 7.84. The Morgan fingerprint density at radius 1 is 0.667 bits per heavy atom. The Bertz CT molecular complexity index is 222. The van der Waals surface area contributed by atoms with Crippen molar-refractivity contribution in [3.8, 4) is 0 Å². The minimum Gasteiger partial charge on any atom is -0.434 e. The zero-order valence-corrected chi connectivity index (χ0v) is 13.4. The van der Waals surface area contributed by atoms with Crippen molar-refractivity contribution in [2.45, 2.75) is 39.5 Å². The van der Waals surface area contributed by atoms with Gasteiger partial charge >= 0.3 is 6.16 Å². The lowest BCUT2D eigenvalue weighted by molar-refractivity contribution is 0.0248. The monoisotopic (exact) mass is 306 g/mol. The summed E-state index contributed by atoms with van der Waals surface area (Å²) in [5.41, 5.74) is 0. The van der Waals surface area contributed by atoms with E-state index in [1.165, 1.54) is 0 Å². The molecule has 0 heterocycles. The second-order valence-electron chi connectivity index (χ2n) is 4.43. The lowest BCUT2D eigenvalue weighted by atomic mass is 10.3. The van der Waals surface area contributed by atoms with Gasteiger partial charge in [-0.1, -0.05) is 13.3 Å². The van der Waals surface area contributed by atoms with Gasteiger partial charge in [0.15, 0.2) is 0 Å². The molecule has 0 saturated carbocycles. The minimum atomic E-state index is -0.639. The van der Waals surface area contributed by atoms with E-state index in [-0.39, 0.29) is 6.61 Å². The van der Waals surface area contributed by atoms with Crippen LogP contribution in [0.3, 0.4) is 0 Å². The maximum atomic E-state index is 11.1. The van der Waals surface area contributed by atoms with Crippen molar-refractivity contribution in [2.75, 3.05) is 52.9 Å². The first-order valence-corrected chi connectivity index (χ1v) is 7.84. The highest BCUT2D eigenvalue weighted by molar-refractivity contribution is 5.59. The van der Waals surface area contributed by atoms with Gasteiger partial charge in [0.1, 0.15) is 6.61 Å². The molecule has 0 amide bonds. The fraction of sp³-hybridized carbons (Fsp3) is 0.933. The summed E-state index contributed by atoms with van der Waals surface area (Å²) in [6.45, 7) is 8.33. The van der Waals surface area contributed by atoms with Gasteiger partial charge in [-0.25, -0.2) is 4.79 Å². The summed E-state index contributed by atoms with van der Waals surface area (Å²) in [5, 5.41) is 0. The van der Waals surface area contributed by atoms with Gasteiger partial charge in [0.05, 0.1) is 26.4 Å². The van der Waals surface area contributed by atoms with Crippen LogP contribution in [0.5, 0.6) is 0 Å². The number of carbonyl (C=O) groups excluding carboxylic acids is 1. The van der Waals surface area contributed by atoms with Gasteiger partial charge in [0.25, 0.3) is 0 Å². The molecule has 126 valence electrons. The average Bonchev–Trinajstić information content (AvgIpc) is 2.49. The summed E-state index contributed by atoms with van der Waals surface area (Å²) in [6, 6.07) is 0. The molecule has 0 fully saturated rings. The molecule has 0 aromatic rings. The van der Waals surface area contributed by atoms with Crippen LogP contribution in [-0.4, -0.2) is 59.0 Å². The minimum absolute atomic E-state index is 0.230. The molecule has 0 bridgehead atoms. The first kappa shape index (κ1) is 20.1. The molecule has 6 nitrogen and oxygen atoms in total. The fourth-order valence-corrected chi connectivity index (χ4v) is 1.40. The molecule has 0 saturated heterocycles. The summed E-state index contributed by atoms with van der Waals surface area (Å²) in [5.74, 6) is 0. The highest BCUT2D eigenvalue weighted by atomic mass is 16.7. The third kappa shape index (κ3) is 17.1. The molecule has 6 heteroatoms. The number of carbonyl (C=O) groups is 1. The largest absolute Gasteiger partial charge is 0.508 e. The van der Waals surface area contributed by atoms with Crippen molar-refractivity contribution in [1.29, 1.82) is 0 Å². The molecular weight excluding hydrogens is 276 g/mol. The van der Waals surface area contributed by atoms with Crippen LogP contribution in [0.4, 0.5) is 4.79 Å². The smallest absolute Gasteiger partial charge is 0.434 e. The first-order chi connectivity index (χ1) is 10.3. The second kappa shape index (κ2) is 17.2. The fourth-order valence-electron chi connectivity index (χ4n) is 1.40. The van der Waals surface area contributed by atoms with E-state index in [2.05, 4.69) is 6.92 Å². The van der Waals surface area contributed by atoms with E-state index >= 15 is 0 Å². The lowest BCUT2D eigenvalue weighted by Crippen LogP contribution is -2.13. The zero-order valence-electron chi connectivity index (χ0n) is 13.4. The van der Waals surface area contributed by atoms with Crippen molar-refractivity contribution >= 4 is 6.16 Å². The Balaban J connectivity index is 3.09. The third-order valence-electron chi connectivity index (χ3n) is 2.57. The van der Waals surface area contributed by atoms with Crippen LogP contribution in [-0.2, 0) is 23.7 Å². The lowest BCUT2D eigenvalue weighted by Gasteiger charge is -2.07. The van der Waals surface area contributed by atoms with Gasteiger partial charge in [-0.05, 0) is 26.2 Å². The Morgan fingerprint density at radius 2 is 1.24 bits per heavy atom. The maximum absolute atomic E-state index is 11.1. The van der Waals surface area contributed by atoms with E-state index in [0.29, 0.717) is 39.6 Å². The standard InChI is InChI=1S/C15H30O6/c1-3-5-8-18-11-12-19-9-6-7-10-20-15(16)21-14-13-17-4-2/h3-14H2,1-2H3. The van der Waals surface area contributed by atoms with Crippen LogP contribution >= 0.6 is 0 Å². The summed E-state index contributed by atoms with van der Waals surface area (Å²) in [4.78, 5) is 11.1. The van der Waals surface area contributed by atoms with Crippen molar-refractivity contribution in [2.24, 2.45) is 0 Å². The van der Waals surface area contributed by atoms with Gasteiger partial charge in [-0.3, -0.25) is 0 Å². The van der Waals surface area contributed by atoms with Crippen LogP contribution < -0.4 is 0 Å². The quantitative estimate of drug-likeness (QED) is 0.342. The van der Waals surface area contributed by atoms with E-state index in [1.807, 2.05) is 6.92 Å². The molecule has 0 unspecified atom stereocenters. The maximum Gasteiger partial charge on any atom is 0.508 e. The third-order valence-corrected chi connectivity index (χ3v) is 2.57. The number of ether oxygens (including phenoxy) is 5. The van der Waals surface area contributed by atoms with Crippen LogP contribution in [0, 0.1) is 0 Å². The van der Waals surface area contributed by atoms with Crippen LogP contribution in [0.15, 0.2) is 0 Å². The zero-order chi connectivity index (χ0) is 15.6. The average molecular weight is 306 g/mol. The van der Waals surface area contributed by atoms with E-state index in [4.69, 9.17) is 23.7 Å². The van der Waals surface area contributed by atoms with E-state index in [1.54, 1.807) is 0 Å². The molecule has 0 aliphatic rings.